The molecule has 0 atom stereocenters. The van der Waals surface area contributed by atoms with Gasteiger partial charge in [0.2, 0.25) is 15.9 Å². The maximum Gasteiger partial charge on any atom is 0.244 e. The lowest BCUT2D eigenvalue weighted by molar-refractivity contribution is -0.120. The number of carbonyl (C=O) groups is 1. The minimum Gasteiger partial charge on any atom is -0.325 e. The van der Waals surface area contributed by atoms with Gasteiger partial charge in [0.25, 0.3) is 0 Å². The fourth-order valence-corrected chi connectivity index (χ4v) is 6.49. The van der Waals surface area contributed by atoms with Gasteiger partial charge in [-0.1, -0.05) is 48.5 Å². The van der Waals surface area contributed by atoms with E-state index in [1.54, 1.807) is 12.1 Å². The average molecular weight is 441 g/mol. The van der Waals surface area contributed by atoms with Gasteiger partial charge >= 0.3 is 0 Å². The van der Waals surface area contributed by atoms with E-state index in [0.29, 0.717) is 30.8 Å². The van der Waals surface area contributed by atoms with Crippen LogP contribution in [0.25, 0.3) is 10.8 Å². The van der Waals surface area contributed by atoms with Crippen LogP contribution in [0.2, 0.25) is 0 Å². The van der Waals surface area contributed by atoms with E-state index in [-0.39, 0.29) is 11.8 Å². The summed E-state index contributed by atoms with van der Waals surface area (Å²) in [7, 11) is -3.56. The summed E-state index contributed by atoms with van der Waals surface area (Å²) in [6.07, 6.45) is 2.90. The Labute approximate surface area is 181 Å². The quantitative estimate of drug-likeness (QED) is 0.589. The number of fused-ring (bicyclic) bond motifs is 1. The number of thioether (sulfide) groups is 1. The Hall–Kier alpha value is -2.35. The number of hydrogen-bond donors (Lipinski definition) is 1. The summed E-state index contributed by atoms with van der Waals surface area (Å²) in [5.41, 5.74) is 0.794. The Morgan fingerprint density at radius 2 is 1.63 bits per heavy atom. The molecule has 0 radical (unpaired) electrons. The van der Waals surface area contributed by atoms with Crippen LogP contribution >= 0.6 is 11.8 Å². The molecule has 30 heavy (non-hydrogen) atoms. The van der Waals surface area contributed by atoms with Crippen molar-refractivity contribution in [3.63, 3.8) is 0 Å². The number of nitrogens with one attached hydrogen (secondary N) is 1. The third kappa shape index (κ3) is 4.10. The molecule has 1 fully saturated rings. The molecule has 1 heterocycles. The van der Waals surface area contributed by atoms with Gasteiger partial charge in [-0.15, -0.1) is 11.8 Å². The zero-order chi connectivity index (χ0) is 21.1. The predicted molar refractivity (Wildman–Crippen MR) is 122 cm³/mol. The first-order valence-corrected chi connectivity index (χ1v) is 12.6. The lowest BCUT2D eigenvalue weighted by Gasteiger charge is -2.31. The molecule has 4 rings (SSSR count). The van der Waals surface area contributed by atoms with Crippen LogP contribution in [-0.2, 0) is 14.8 Å². The summed E-state index contributed by atoms with van der Waals surface area (Å²) in [5, 5.41) is 5.12. The highest BCUT2D eigenvalue weighted by Gasteiger charge is 2.33. The predicted octanol–water partition coefficient (Wildman–Crippen LogP) is 4.60. The van der Waals surface area contributed by atoms with E-state index in [1.807, 2.05) is 60.9 Å². The first-order chi connectivity index (χ1) is 14.5. The maximum absolute atomic E-state index is 13.1. The molecule has 0 aromatic heterocycles. The Bertz CT molecular complexity index is 1160. The Morgan fingerprint density at radius 3 is 2.40 bits per heavy atom. The van der Waals surface area contributed by atoms with Crippen molar-refractivity contribution in [3.8, 4) is 0 Å². The van der Waals surface area contributed by atoms with Gasteiger partial charge in [-0.25, -0.2) is 8.42 Å². The highest BCUT2D eigenvalue weighted by Crippen LogP contribution is 2.30. The molecule has 1 aliphatic rings. The van der Waals surface area contributed by atoms with E-state index >= 15 is 0 Å². The maximum atomic E-state index is 13.1. The number of nitrogens with zero attached hydrogens (tertiary/aromatic N) is 1. The van der Waals surface area contributed by atoms with Crippen molar-refractivity contribution >= 4 is 44.2 Å². The molecule has 0 bridgehead atoms. The van der Waals surface area contributed by atoms with Gasteiger partial charge in [-0.3, -0.25) is 4.79 Å². The normalized spacial score (nSPS) is 15.9. The van der Waals surface area contributed by atoms with Crippen LogP contribution in [0.4, 0.5) is 5.69 Å². The molecule has 1 aliphatic heterocycles. The fourth-order valence-electron chi connectivity index (χ4n) is 3.90. The van der Waals surface area contributed by atoms with Gasteiger partial charge < -0.3 is 5.32 Å². The van der Waals surface area contributed by atoms with Crippen LogP contribution in [0, 0.1) is 5.92 Å². The zero-order valence-corrected chi connectivity index (χ0v) is 18.4. The molecule has 0 spiro atoms. The lowest BCUT2D eigenvalue weighted by atomic mass is 9.97. The van der Waals surface area contributed by atoms with Crippen molar-refractivity contribution in [1.82, 2.24) is 4.31 Å². The van der Waals surface area contributed by atoms with Crippen LogP contribution in [0.3, 0.4) is 0 Å². The molecular weight excluding hydrogens is 416 g/mol. The average Bonchev–Trinajstić information content (AvgIpc) is 2.79. The molecule has 1 amide bonds. The Balaban J connectivity index is 1.45. The number of benzene rings is 3. The molecule has 0 unspecified atom stereocenters. The molecular formula is C23H24N2O3S2. The highest BCUT2D eigenvalue weighted by atomic mass is 32.2. The Morgan fingerprint density at radius 1 is 0.967 bits per heavy atom. The number of amides is 1. The zero-order valence-electron chi connectivity index (χ0n) is 16.7. The molecule has 156 valence electrons. The topological polar surface area (TPSA) is 66.5 Å². The van der Waals surface area contributed by atoms with Crippen molar-refractivity contribution < 1.29 is 13.2 Å². The number of anilines is 1. The second kappa shape index (κ2) is 8.79. The molecule has 3 aromatic rings. The molecule has 7 heteroatoms. The molecule has 1 N–H and O–H groups in total. The number of hydrogen-bond acceptors (Lipinski definition) is 4. The lowest BCUT2D eigenvalue weighted by Crippen LogP contribution is -2.41. The van der Waals surface area contributed by atoms with Crippen LogP contribution in [0.1, 0.15) is 12.8 Å². The fraction of sp³-hybridized carbons (Fsp3) is 0.261. The monoisotopic (exact) mass is 440 g/mol. The van der Waals surface area contributed by atoms with Crippen LogP contribution < -0.4 is 5.32 Å². The highest BCUT2D eigenvalue weighted by molar-refractivity contribution is 7.99. The summed E-state index contributed by atoms with van der Waals surface area (Å²) >= 11 is 1.42. The van der Waals surface area contributed by atoms with E-state index in [1.165, 1.54) is 16.1 Å². The van der Waals surface area contributed by atoms with Gasteiger partial charge in [-0.2, -0.15) is 4.31 Å². The number of sulfonamides is 1. The van der Waals surface area contributed by atoms with Crippen molar-refractivity contribution in [2.45, 2.75) is 22.6 Å². The van der Waals surface area contributed by atoms with Crippen molar-refractivity contribution in [3.05, 3.63) is 66.7 Å². The minimum absolute atomic E-state index is 0.0482. The standard InChI is InChI=1S/C23H24N2O3S2/c1-29-21-11-4-5-12-22(21)30(27,28)25-15-13-18(14-16-25)23(26)24-20-10-6-8-17-7-2-3-9-19(17)20/h2-12,18H,13-16H2,1H3,(H,24,26). The number of rotatable bonds is 5. The molecule has 5 nitrogen and oxygen atoms in total. The van der Waals surface area contributed by atoms with E-state index in [4.69, 9.17) is 0 Å². The molecule has 1 saturated heterocycles. The summed E-state index contributed by atoms with van der Waals surface area (Å²) in [6.45, 7) is 0.692. The molecule has 3 aromatic carbocycles. The van der Waals surface area contributed by atoms with E-state index in [9.17, 15) is 13.2 Å². The largest absolute Gasteiger partial charge is 0.325 e. The number of piperidine rings is 1. The van der Waals surface area contributed by atoms with Gasteiger partial charge in [0, 0.05) is 35.0 Å². The van der Waals surface area contributed by atoms with E-state index < -0.39 is 10.0 Å². The van der Waals surface area contributed by atoms with Crippen molar-refractivity contribution in [2.24, 2.45) is 5.92 Å². The number of carbonyl (C=O) groups excluding carboxylic acids is 1. The minimum atomic E-state index is -3.56. The SMILES string of the molecule is CSc1ccccc1S(=O)(=O)N1CCC(C(=O)Nc2cccc3ccccc23)CC1. The summed E-state index contributed by atoms with van der Waals surface area (Å²) < 4.78 is 27.7. The molecule has 0 aliphatic carbocycles. The second-order valence-electron chi connectivity index (χ2n) is 7.35. The van der Waals surface area contributed by atoms with Crippen molar-refractivity contribution in [2.75, 3.05) is 24.7 Å². The van der Waals surface area contributed by atoms with Gasteiger partial charge in [0.1, 0.15) is 0 Å². The van der Waals surface area contributed by atoms with Crippen LogP contribution in [-0.4, -0.2) is 38.0 Å². The van der Waals surface area contributed by atoms with Crippen molar-refractivity contribution in [1.29, 1.82) is 0 Å². The summed E-state index contributed by atoms with van der Waals surface area (Å²) in [4.78, 5) is 13.9. The van der Waals surface area contributed by atoms with Gasteiger partial charge in [0.05, 0.1) is 4.90 Å². The summed E-state index contributed by atoms with van der Waals surface area (Å²) in [5.74, 6) is -0.251. The Kier molecular flexibility index (Phi) is 6.13. The summed E-state index contributed by atoms with van der Waals surface area (Å²) in [6, 6.07) is 20.8. The van der Waals surface area contributed by atoms with Gasteiger partial charge in [0.15, 0.2) is 0 Å². The van der Waals surface area contributed by atoms with Crippen LogP contribution in [0.5, 0.6) is 0 Å². The molecule has 0 saturated carbocycles. The van der Waals surface area contributed by atoms with Gasteiger partial charge in [-0.05, 0) is 42.7 Å². The van der Waals surface area contributed by atoms with E-state index in [2.05, 4.69) is 5.32 Å². The third-order valence-corrected chi connectivity index (χ3v) is 8.44. The smallest absolute Gasteiger partial charge is 0.244 e. The second-order valence-corrected chi connectivity index (χ2v) is 10.1. The third-order valence-electron chi connectivity index (χ3n) is 5.56. The first kappa shape index (κ1) is 20.9. The van der Waals surface area contributed by atoms with E-state index in [0.717, 1.165) is 21.4 Å². The first-order valence-electron chi connectivity index (χ1n) is 9.92. The van der Waals surface area contributed by atoms with Crippen LogP contribution in [0.15, 0.2) is 76.5 Å².